The van der Waals surface area contributed by atoms with Crippen molar-refractivity contribution in [2.75, 3.05) is 45.2 Å². The molecule has 2 heterocycles. The van der Waals surface area contributed by atoms with Gasteiger partial charge in [-0.3, -0.25) is 5.32 Å². The molecule has 31 heavy (non-hydrogen) atoms. The van der Waals surface area contributed by atoms with Gasteiger partial charge in [-0.15, -0.1) is 11.3 Å². The number of nitrogens with one attached hydrogen (secondary N) is 2. The third kappa shape index (κ3) is 6.45. The van der Waals surface area contributed by atoms with Crippen LogP contribution in [0.3, 0.4) is 0 Å². The molecule has 8 heteroatoms. The van der Waals surface area contributed by atoms with Crippen molar-refractivity contribution in [1.82, 2.24) is 10.2 Å². The molecule has 0 atom stereocenters. The summed E-state index contributed by atoms with van der Waals surface area (Å²) in [4.78, 5) is 27.5. The fourth-order valence-corrected chi connectivity index (χ4v) is 4.61. The van der Waals surface area contributed by atoms with E-state index in [0.717, 1.165) is 36.3 Å². The van der Waals surface area contributed by atoms with Crippen molar-refractivity contribution < 1.29 is 19.1 Å². The predicted octanol–water partition coefficient (Wildman–Crippen LogP) is 4.60. The number of hydrogen-bond donors (Lipinski definition) is 2. The van der Waals surface area contributed by atoms with Crippen molar-refractivity contribution in [3.05, 3.63) is 35.2 Å². The molecule has 0 spiro atoms. The minimum absolute atomic E-state index is 0.263. The van der Waals surface area contributed by atoms with Crippen molar-refractivity contribution in [2.24, 2.45) is 0 Å². The highest BCUT2D eigenvalue weighted by Gasteiger charge is 2.22. The summed E-state index contributed by atoms with van der Waals surface area (Å²) in [6.07, 6.45) is 4.58. The van der Waals surface area contributed by atoms with Gasteiger partial charge in [-0.2, -0.15) is 0 Å². The van der Waals surface area contributed by atoms with Crippen LogP contribution in [-0.4, -0.2) is 56.8 Å². The van der Waals surface area contributed by atoms with E-state index in [9.17, 15) is 9.59 Å². The number of amides is 2. The van der Waals surface area contributed by atoms with Gasteiger partial charge in [0.05, 0.1) is 13.7 Å². The maximum absolute atomic E-state index is 12.6. The van der Waals surface area contributed by atoms with Gasteiger partial charge >= 0.3 is 12.0 Å². The molecule has 2 amide bonds. The van der Waals surface area contributed by atoms with Gasteiger partial charge in [-0.1, -0.05) is 12.1 Å². The highest BCUT2D eigenvalue weighted by molar-refractivity contribution is 7.15. The summed E-state index contributed by atoms with van der Waals surface area (Å²) in [6.45, 7) is 6.11. The van der Waals surface area contributed by atoms with Gasteiger partial charge in [0.15, 0.2) is 0 Å². The molecule has 1 fully saturated rings. The lowest BCUT2D eigenvalue weighted by Gasteiger charge is -2.14. The summed E-state index contributed by atoms with van der Waals surface area (Å²) in [5.74, 6) is 0.287. The van der Waals surface area contributed by atoms with Crippen LogP contribution >= 0.6 is 11.3 Å². The van der Waals surface area contributed by atoms with Crippen LogP contribution < -0.4 is 15.4 Å². The number of carbonyl (C=O) groups is 2. The second kappa shape index (κ2) is 11.7. The second-order valence-corrected chi connectivity index (χ2v) is 8.32. The number of methoxy groups -OCH3 is 1. The first-order valence-electron chi connectivity index (χ1n) is 10.8. The number of rotatable bonds is 10. The zero-order chi connectivity index (χ0) is 22.1. The maximum Gasteiger partial charge on any atom is 0.341 e. The van der Waals surface area contributed by atoms with Crippen molar-refractivity contribution in [1.29, 1.82) is 0 Å². The van der Waals surface area contributed by atoms with E-state index in [4.69, 9.17) is 9.47 Å². The number of esters is 1. The van der Waals surface area contributed by atoms with Gasteiger partial charge in [0.1, 0.15) is 16.3 Å². The fourth-order valence-electron chi connectivity index (χ4n) is 3.65. The van der Waals surface area contributed by atoms with Gasteiger partial charge in [0, 0.05) is 17.5 Å². The topological polar surface area (TPSA) is 79.9 Å². The maximum atomic E-state index is 12.6. The van der Waals surface area contributed by atoms with E-state index in [0.29, 0.717) is 17.1 Å². The number of hydrogen-bond acceptors (Lipinski definition) is 6. The Hall–Kier alpha value is -2.58. The van der Waals surface area contributed by atoms with Gasteiger partial charge in [0.2, 0.25) is 0 Å². The molecule has 0 unspecified atom stereocenters. The number of nitrogens with zero attached hydrogens (tertiary/aromatic N) is 1. The Morgan fingerprint density at radius 3 is 2.55 bits per heavy atom. The largest absolute Gasteiger partial charge is 0.497 e. The third-order valence-corrected chi connectivity index (χ3v) is 6.18. The van der Waals surface area contributed by atoms with Crippen LogP contribution in [0, 0.1) is 0 Å². The van der Waals surface area contributed by atoms with Crippen LogP contribution in [0.25, 0.3) is 11.1 Å². The van der Waals surface area contributed by atoms with Crippen molar-refractivity contribution in [3.8, 4) is 16.9 Å². The summed E-state index contributed by atoms with van der Waals surface area (Å²) >= 11 is 1.31. The smallest absolute Gasteiger partial charge is 0.341 e. The summed E-state index contributed by atoms with van der Waals surface area (Å²) in [6, 6.07) is 7.13. The molecule has 0 aliphatic carbocycles. The Morgan fingerprint density at radius 2 is 1.87 bits per heavy atom. The van der Waals surface area contributed by atoms with E-state index in [1.807, 2.05) is 29.6 Å². The molecule has 1 aliphatic rings. The van der Waals surface area contributed by atoms with Gasteiger partial charge in [0.25, 0.3) is 0 Å². The standard InChI is InChI=1S/C23H31N3O4S/c1-3-30-22(27)20-19(17-8-10-18(29-2)11-9-17)16-31-21(20)25-23(28)24-12-4-5-13-26-14-6-7-15-26/h8-11,16H,3-7,12-15H2,1-2H3,(H2,24,25,28). The SMILES string of the molecule is CCOC(=O)c1c(-c2ccc(OC)cc2)csc1NC(=O)NCCCCN1CCCC1. The summed E-state index contributed by atoms with van der Waals surface area (Å²) < 4.78 is 10.4. The number of carbonyl (C=O) groups excluding carboxylic acids is 2. The van der Waals surface area contributed by atoms with E-state index < -0.39 is 5.97 Å². The first kappa shape index (κ1) is 23.1. The molecule has 0 saturated carbocycles. The van der Waals surface area contributed by atoms with Crippen molar-refractivity contribution in [3.63, 3.8) is 0 Å². The molecule has 168 valence electrons. The minimum Gasteiger partial charge on any atom is -0.497 e. The van der Waals surface area contributed by atoms with Crippen LogP contribution in [-0.2, 0) is 4.74 Å². The lowest BCUT2D eigenvalue weighted by atomic mass is 10.0. The highest BCUT2D eigenvalue weighted by atomic mass is 32.1. The van der Waals surface area contributed by atoms with E-state index >= 15 is 0 Å². The van der Waals surface area contributed by atoms with Crippen molar-refractivity contribution >= 4 is 28.3 Å². The number of urea groups is 1. The first-order chi connectivity index (χ1) is 15.1. The zero-order valence-corrected chi connectivity index (χ0v) is 19.1. The molecule has 1 aliphatic heterocycles. The minimum atomic E-state index is -0.449. The lowest BCUT2D eigenvalue weighted by Crippen LogP contribution is -2.30. The number of benzene rings is 1. The summed E-state index contributed by atoms with van der Waals surface area (Å²) in [7, 11) is 1.61. The monoisotopic (exact) mass is 445 g/mol. The van der Waals surface area contributed by atoms with E-state index in [1.54, 1.807) is 14.0 Å². The summed E-state index contributed by atoms with van der Waals surface area (Å²) in [5, 5.41) is 8.06. The fraction of sp³-hybridized carbons (Fsp3) is 0.478. The third-order valence-electron chi connectivity index (χ3n) is 5.28. The summed E-state index contributed by atoms with van der Waals surface area (Å²) in [5.41, 5.74) is 1.96. The van der Waals surface area contributed by atoms with Gasteiger partial charge in [-0.05, 0) is 69.9 Å². The Labute approximate surface area is 187 Å². The molecule has 7 nitrogen and oxygen atoms in total. The first-order valence-corrected chi connectivity index (χ1v) is 11.7. The molecular formula is C23H31N3O4S. The normalized spacial score (nSPS) is 13.7. The zero-order valence-electron chi connectivity index (χ0n) is 18.2. The molecule has 1 saturated heterocycles. The van der Waals surface area contributed by atoms with Crippen LogP contribution in [0.1, 0.15) is 43.0 Å². The molecule has 2 aromatic rings. The van der Waals surface area contributed by atoms with Gasteiger partial charge < -0.3 is 19.7 Å². The van der Waals surface area contributed by atoms with Crippen LogP contribution in [0.4, 0.5) is 9.80 Å². The number of unbranched alkanes of at least 4 members (excludes halogenated alkanes) is 1. The number of likely N-dealkylation sites (tertiary alicyclic amines) is 1. The van der Waals surface area contributed by atoms with E-state index in [-0.39, 0.29) is 12.6 Å². The second-order valence-electron chi connectivity index (χ2n) is 7.44. The van der Waals surface area contributed by atoms with Crippen LogP contribution in [0.15, 0.2) is 29.6 Å². The Kier molecular flexibility index (Phi) is 8.73. The molecule has 3 rings (SSSR count). The average Bonchev–Trinajstić information content (AvgIpc) is 3.44. The Morgan fingerprint density at radius 1 is 1.13 bits per heavy atom. The average molecular weight is 446 g/mol. The predicted molar refractivity (Wildman–Crippen MR) is 124 cm³/mol. The number of anilines is 1. The Bertz CT molecular complexity index is 860. The quantitative estimate of drug-likeness (QED) is 0.413. The molecule has 1 aromatic heterocycles. The molecule has 2 N–H and O–H groups in total. The molecule has 1 aromatic carbocycles. The van der Waals surface area contributed by atoms with Crippen molar-refractivity contribution in [2.45, 2.75) is 32.6 Å². The molecule has 0 radical (unpaired) electrons. The Balaban J connectivity index is 1.60. The van der Waals surface area contributed by atoms with E-state index in [2.05, 4.69) is 15.5 Å². The number of ether oxygens (including phenoxy) is 2. The van der Waals surface area contributed by atoms with Crippen LogP contribution in [0.5, 0.6) is 5.75 Å². The highest BCUT2D eigenvalue weighted by Crippen LogP contribution is 2.36. The number of thiophene rings is 1. The lowest BCUT2D eigenvalue weighted by molar-refractivity contribution is 0.0529. The molecular weight excluding hydrogens is 414 g/mol. The van der Waals surface area contributed by atoms with E-state index in [1.165, 1.54) is 37.3 Å². The molecule has 0 bridgehead atoms. The van der Waals surface area contributed by atoms with Gasteiger partial charge in [-0.25, -0.2) is 9.59 Å². The van der Waals surface area contributed by atoms with Crippen LogP contribution in [0.2, 0.25) is 0 Å².